The maximum Gasteiger partial charge on any atom is 0.236 e. The molecular weight excluding hydrogens is 180 g/mol. The molecule has 0 saturated heterocycles. The molecule has 0 radical (unpaired) electrons. The van der Waals surface area contributed by atoms with Crippen molar-refractivity contribution in [1.82, 2.24) is 15.1 Å². The van der Waals surface area contributed by atoms with E-state index in [1.807, 2.05) is 19.9 Å². The zero-order valence-electron chi connectivity index (χ0n) is 8.69. The number of primary amides is 1. The Kier molecular flexibility index (Phi) is 3.24. The standard InChI is InChI=1S/C9H16N4O/c1-6-4-5-12-13(6)7(2)8(11-3)9(10)14/h4-5,7-8,11H,1-3H3,(H2,10,14). The molecule has 0 spiro atoms. The second-order valence-corrected chi connectivity index (χ2v) is 3.33. The molecule has 0 aliphatic rings. The average molecular weight is 196 g/mol. The number of nitrogens with one attached hydrogen (secondary N) is 1. The molecule has 0 aliphatic carbocycles. The summed E-state index contributed by atoms with van der Waals surface area (Å²) in [5.74, 6) is -0.366. The highest BCUT2D eigenvalue weighted by atomic mass is 16.1. The number of amides is 1. The van der Waals surface area contributed by atoms with E-state index in [9.17, 15) is 4.79 Å². The molecule has 0 aliphatic heterocycles. The maximum absolute atomic E-state index is 11.1. The number of hydrogen-bond donors (Lipinski definition) is 2. The molecule has 1 aromatic rings. The fraction of sp³-hybridized carbons (Fsp3) is 0.556. The fourth-order valence-corrected chi connectivity index (χ4v) is 1.57. The van der Waals surface area contributed by atoms with Crippen molar-refractivity contribution in [3.63, 3.8) is 0 Å². The summed E-state index contributed by atoms with van der Waals surface area (Å²) in [4.78, 5) is 11.1. The summed E-state index contributed by atoms with van der Waals surface area (Å²) in [5.41, 5.74) is 6.27. The van der Waals surface area contributed by atoms with Crippen LogP contribution in [0.2, 0.25) is 0 Å². The molecule has 2 unspecified atom stereocenters. The van der Waals surface area contributed by atoms with Gasteiger partial charge in [0.25, 0.3) is 0 Å². The third kappa shape index (κ3) is 1.93. The van der Waals surface area contributed by atoms with Gasteiger partial charge in [0.1, 0.15) is 6.04 Å². The Balaban J connectivity index is 2.88. The van der Waals surface area contributed by atoms with Crippen molar-refractivity contribution in [2.75, 3.05) is 7.05 Å². The number of nitrogens with two attached hydrogens (primary N) is 1. The van der Waals surface area contributed by atoms with Gasteiger partial charge in [0.15, 0.2) is 0 Å². The molecule has 0 aromatic carbocycles. The second-order valence-electron chi connectivity index (χ2n) is 3.33. The molecule has 5 nitrogen and oxygen atoms in total. The first kappa shape index (κ1) is 10.7. The van der Waals surface area contributed by atoms with E-state index in [0.717, 1.165) is 5.69 Å². The lowest BCUT2D eigenvalue weighted by molar-refractivity contribution is -0.120. The smallest absolute Gasteiger partial charge is 0.236 e. The van der Waals surface area contributed by atoms with E-state index in [4.69, 9.17) is 5.73 Å². The lowest BCUT2D eigenvalue weighted by Gasteiger charge is -2.21. The Morgan fingerprint density at radius 3 is 2.71 bits per heavy atom. The van der Waals surface area contributed by atoms with Gasteiger partial charge in [-0.25, -0.2) is 0 Å². The molecule has 3 N–H and O–H groups in total. The number of aromatic nitrogens is 2. The zero-order chi connectivity index (χ0) is 10.7. The van der Waals surface area contributed by atoms with Gasteiger partial charge in [0.05, 0.1) is 6.04 Å². The molecule has 0 saturated carbocycles. The highest BCUT2D eigenvalue weighted by molar-refractivity contribution is 5.80. The summed E-state index contributed by atoms with van der Waals surface area (Å²) >= 11 is 0. The third-order valence-corrected chi connectivity index (χ3v) is 2.35. The molecule has 1 amide bonds. The Bertz CT molecular complexity index is 320. The normalized spacial score (nSPS) is 15.1. The van der Waals surface area contributed by atoms with Gasteiger partial charge < -0.3 is 11.1 Å². The van der Waals surface area contributed by atoms with E-state index in [1.165, 1.54) is 0 Å². The van der Waals surface area contributed by atoms with E-state index < -0.39 is 6.04 Å². The predicted molar refractivity (Wildman–Crippen MR) is 53.7 cm³/mol. The van der Waals surface area contributed by atoms with Crippen molar-refractivity contribution in [3.8, 4) is 0 Å². The first-order chi connectivity index (χ1) is 6.57. The first-order valence-corrected chi connectivity index (χ1v) is 4.54. The number of carbonyl (C=O) groups excluding carboxylic acids is 1. The third-order valence-electron chi connectivity index (χ3n) is 2.35. The van der Waals surface area contributed by atoms with Crippen molar-refractivity contribution in [1.29, 1.82) is 0 Å². The highest BCUT2D eigenvalue weighted by Gasteiger charge is 2.23. The molecule has 1 rings (SSSR count). The van der Waals surface area contributed by atoms with Crippen molar-refractivity contribution in [3.05, 3.63) is 18.0 Å². The number of hydrogen-bond acceptors (Lipinski definition) is 3. The Labute approximate surface area is 83.3 Å². The van der Waals surface area contributed by atoms with Gasteiger partial charge in [-0.1, -0.05) is 0 Å². The van der Waals surface area contributed by atoms with Crippen molar-refractivity contribution < 1.29 is 4.79 Å². The molecule has 2 atom stereocenters. The number of carbonyl (C=O) groups is 1. The number of aryl methyl sites for hydroxylation is 1. The number of rotatable bonds is 4. The SMILES string of the molecule is CNC(C(N)=O)C(C)n1nccc1C. The lowest BCUT2D eigenvalue weighted by atomic mass is 10.1. The molecule has 5 heteroatoms. The highest BCUT2D eigenvalue weighted by Crippen LogP contribution is 2.12. The van der Waals surface area contributed by atoms with Gasteiger partial charge in [-0.3, -0.25) is 9.48 Å². The van der Waals surface area contributed by atoms with Crippen LogP contribution in [0.15, 0.2) is 12.3 Å². The summed E-state index contributed by atoms with van der Waals surface area (Å²) in [5, 5.41) is 7.02. The molecular formula is C9H16N4O. The maximum atomic E-state index is 11.1. The van der Waals surface area contributed by atoms with Gasteiger partial charge in [-0.05, 0) is 27.0 Å². The minimum absolute atomic E-state index is 0.0764. The Hall–Kier alpha value is -1.36. The molecule has 14 heavy (non-hydrogen) atoms. The van der Waals surface area contributed by atoms with Crippen LogP contribution < -0.4 is 11.1 Å². The number of nitrogens with zero attached hydrogens (tertiary/aromatic N) is 2. The van der Waals surface area contributed by atoms with Gasteiger partial charge in [-0.2, -0.15) is 5.10 Å². The van der Waals surface area contributed by atoms with E-state index >= 15 is 0 Å². The molecule has 0 fully saturated rings. The van der Waals surface area contributed by atoms with Crippen molar-refractivity contribution in [2.24, 2.45) is 5.73 Å². The van der Waals surface area contributed by atoms with Crippen LogP contribution in [0.4, 0.5) is 0 Å². The molecule has 1 aromatic heterocycles. The first-order valence-electron chi connectivity index (χ1n) is 4.54. The van der Waals surface area contributed by atoms with Gasteiger partial charge in [0.2, 0.25) is 5.91 Å². The van der Waals surface area contributed by atoms with Crippen molar-refractivity contribution in [2.45, 2.75) is 25.9 Å². The fourth-order valence-electron chi connectivity index (χ4n) is 1.57. The monoisotopic (exact) mass is 196 g/mol. The predicted octanol–water partition coefficient (Wildman–Crippen LogP) is -0.174. The van der Waals surface area contributed by atoms with E-state index in [1.54, 1.807) is 17.9 Å². The summed E-state index contributed by atoms with van der Waals surface area (Å²) in [6, 6.07) is 1.42. The summed E-state index contributed by atoms with van der Waals surface area (Å²) in [6.45, 7) is 3.85. The van der Waals surface area contributed by atoms with Crippen LogP contribution in [0.1, 0.15) is 18.7 Å². The van der Waals surface area contributed by atoms with Crippen LogP contribution in [0, 0.1) is 6.92 Å². The lowest BCUT2D eigenvalue weighted by Crippen LogP contribution is -2.45. The summed E-state index contributed by atoms with van der Waals surface area (Å²) in [7, 11) is 1.71. The number of likely N-dealkylation sites (N-methyl/N-ethyl adjacent to an activating group) is 1. The molecule has 0 bridgehead atoms. The second kappa shape index (κ2) is 4.23. The van der Waals surface area contributed by atoms with E-state index in [0.29, 0.717) is 0 Å². The summed E-state index contributed by atoms with van der Waals surface area (Å²) in [6.07, 6.45) is 1.71. The quantitative estimate of drug-likeness (QED) is 0.702. The zero-order valence-corrected chi connectivity index (χ0v) is 8.69. The van der Waals surface area contributed by atoms with Crippen molar-refractivity contribution >= 4 is 5.91 Å². The van der Waals surface area contributed by atoms with Crippen LogP contribution in [0.5, 0.6) is 0 Å². The average Bonchev–Trinajstić information content (AvgIpc) is 2.51. The molecule has 78 valence electrons. The van der Waals surface area contributed by atoms with Gasteiger partial charge in [0, 0.05) is 11.9 Å². The van der Waals surface area contributed by atoms with Crippen LogP contribution in [-0.4, -0.2) is 28.8 Å². The largest absolute Gasteiger partial charge is 0.368 e. The Morgan fingerprint density at radius 1 is 1.71 bits per heavy atom. The molecule has 1 heterocycles. The van der Waals surface area contributed by atoms with E-state index in [-0.39, 0.29) is 11.9 Å². The van der Waals surface area contributed by atoms with Crippen LogP contribution >= 0.6 is 0 Å². The van der Waals surface area contributed by atoms with Crippen LogP contribution in [0.25, 0.3) is 0 Å². The van der Waals surface area contributed by atoms with E-state index in [2.05, 4.69) is 10.4 Å². The minimum Gasteiger partial charge on any atom is -0.368 e. The Morgan fingerprint density at radius 2 is 2.36 bits per heavy atom. The summed E-state index contributed by atoms with van der Waals surface area (Å²) < 4.78 is 1.78. The van der Waals surface area contributed by atoms with Gasteiger partial charge >= 0.3 is 0 Å². The van der Waals surface area contributed by atoms with Crippen LogP contribution in [-0.2, 0) is 4.79 Å². The van der Waals surface area contributed by atoms with Gasteiger partial charge in [-0.15, -0.1) is 0 Å². The topological polar surface area (TPSA) is 72.9 Å². The van der Waals surface area contributed by atoms with Crippen LogP contribution in [0.3, 0.4) is 0 Å². The minimum atomic E-state index is -0.395.